The minimum absolute atomic E-state index is 0.250. The van der Waals surface area contributed by atoms with Gasteiger partial charge >= 0.3 is 0 Å². The van der Waals surface area contributed by atoms with E-state index in [0.29, 0.717) is 0 Å². The average molecular weight is 146 g/mol. The van der Waals surface area contributed by atoms with E-state index < -0.39 is 0 Å². The van der Waals surface area contributed by atoms with Crippen LogP contribution in [0.2, 0.25) is 0 Å². The monoisotopic (exact) mass is 146 g/mol. The Bertz CT molecular complexity index is 71.3. The molecule has 1 fully saturated rings. The SMILES string of the molecule is CC1(O)CCCC1.CCO. The molecule has 0 amide bonds. The summed E-state index contributed by atoms with van der Waals surface area (Å²) in [6.07, 6.45) is 4.44. The Hall–Kier alpha value is -0.0800. The summed E-state index contributed by atoms with van der Waals surface area (Å²) in [6.45, 7) is 3.85. The zero-order valence-electron chi connectivity index (χ0n) is 6.93. The number of aliphatic hydroxyl groups is 2. The van der Waals surface area contributed by atoms with Gasteiger partial charge in [-0.1, -0.05) is 12.8 Å². The summed E-state index contributed by atoms with van der Waals surface area (Å²) in [5.41, 5.74) is -0.306. The summed E-state index contributed by atoms with van der Waals surface area (Å²) in [5, 5.41) is 16.8. The van der Waals surface area contributed by atoms with Gasteiger partial charge in [0.1, 0.15) is 0 Å². The predicted octanol–water partition coefficient (Wildman–Crippen LogP) is 1.31. The van der Waals surface area contributed by atoms with Gasteiger partial charge in [-0.25, -0.2) is 0 Å². The Morgan fingerprint density at radius 3 is 1.70 bits per heavy atom. The van der Waals surface area contributed by atoms with Gasteiger partial charge in [-0.05, 0) is 26.7 Å². The van der Waals surface area contributed by atoms with Gasteiger partial charge < -0.3 is 10.2 Å². The molecular formula is C8H18O2. The van der Waals surface area contributed by atoms with Crippen LogP contribution in [0, 0.1) is 0 Å². The van der Waals surface area contributed by atoms with Crippen LogP contribution in [0.5, 0.6) is 0 Å². The van der Waals surface area contributed by atoms with E-state index in [4.69, 9.17) is 5.11 Å². The first-order valence-corrected chi connectivity index (χ1v) is 3.95. The van der Waals surface area contributed by atoms with Crippen LogP contribution in [0.25, 0.3) is 0 Å². The molecule has 1 aliphatic carbocycles. The highest BCUT2D eigenvalue weighted by Gasteiger charge is 2.24. The molecule has 0 unspecified atom stereocenters. The lowest BCUT2D eigenvalue weighted by atomic mass is 10.1. The van der Waals surface area contributed by atoms with Crippen LogP contribution in [-0.2, 0) is 0 Å². The fourth-order valence-electron chi connectivity index (χ4n) is 1.14. The van der Waals surface area contributed by atoms with E-state index in [1.165, 1.54) is 12.8 Å². The largest absolute Gasteiger partial charge is 0.397 e. The van der Waals surface area contributed by atoms with Gasteiger partial charge in [-0.15, -0.1) is 0 Å². The van der Waals surface area contributed by atoms with Crippen LogP contribution in [-0.4, -0.2) is 22.4 Å². The topological polar surface area (TPSA) is 40.5 Å². The van der Waals surface area contributed by atoms with Crippen molar-refractivity contribution in [1.29, 1.82) is 0 Å². The van der Waals surface area contributed by atoms with Crippen molar-refractivity contribution in [3.05, 3.63) is 0 Å². The van der Waals surface area contributed by atoms with Crippen molar-refractivity contribution >= 4 is 0 Å². The molecule has 2 N–H and O–H groups in total. The van der Waals surface area contributed by atoms with Crippen molar-refractivity contribution < 1.29 is 10.2 Å². The van der Waals surface area contributed by atoms with Gasteiger partial charge in [0.15, 0.2) is 0 Å². The molecule has 0 aromatic rings. The molecule has 0 aromatic heterocycles. The Morgan fingerprint density at radius 2 is 1.60 bits per heavy atom. The maximum atomic E-state index is 9.19. The number of rotatable bonds is 0. The minimum atomic E-state index is -0.306. The van der Waals surface area contributed by atoms with Crippen molar-refractivity contribution in [2.75, 3.05) is 6.61 Å². The second kappa shape index (κ2) is 4.69. The van der Waals surface area contributed by atoms with Gasteiger partial charge in [-0.3, -0.25) is 0 Å². The summed E-state index contributed by atoms with van der Waals surface area (Å²) in [5.74, 6) is 0. The van der Waals surface area contributed by atoms with Crippen molar-refractivity contribution in [2.24, 2.45) is 0 Å². The third-order valence-electron chi connectivity index (χ3n) is 1.68. The van der Waals surface area contributed by atoms with Crippen molar-refractivity contribution in [2.45, 2.75) is 45.1 Å². The van der Waals surface area contributed by atoms with Crippen LogP contribution in [0.3, 0.4) is 0 Å². The minimum Gasteiger partial charge on any atom is -0.397 e. The van der Waals surface area contributed by atoms with Gasteiger partial charge in [0.25, 0.3) is 0 Å². The molecule has 0 bridgehead atoms. The number of aliphatic hydroxyl groups excluding tert-OH is 1. The molecule has 1 aliphatic rings. The molecular weight excluding hydrogens is 128 g/mol. The molecule has 62 valence electrons. The Kier molecular flexibility index (Phi) is 4.65. The Morgan fingerprint density at radius 1 is 1.30 bits per heavy atom. The average Bonchev–Trinajstić information content (AvgIpc) is 2.16. The predicted molar refractivity (Wildman–Crippen MR) is 41.9 cm³/mol. The lowest BCUT2D eigenvalue weighted by Crippen LogP contribution is -2.17. The highest BCUT2D eigenvalue weighted by molar-refractivity contribution is 4.78. The molecule has 0 aromatic carbocycles. The van der Waals surface area contributed by atoms with E-state index in [0.717, 1.165) is 12.8 Å². The second-order valence-corrected chi connectivity index (χ2v) is 3.02. The van der Waals surface area contributed by atoms with E-state index in [2.05, 4.69) is 0 Å². The van der Waals surface area contributed by atoms with Gasteiger partial charge in [0, 0.05) is 6.61 Å². The first kappa shape index (κ1) is 9.92. The molecule has 10 heavy (non-hydrogen) atoms. The first-order chi connectivity index (χ1) is 4.62. The summed E-state index contributed by atoms with van der Waals surface area (Å²) >= 11 is 0. The van der Waals surface area contributed by atoms with E-state index in [-0.39, 0.29) is 12.2 Å². The van der Waals surface area contributed by atoms with Crippen molar-refractivity contribution in [3.63, 3.8) is 0 Å². The standard InChI is InChI=1S/C6H12O.C2H6O/c1-6(7)4-2-3-5-6;1-2-3/h7H,2-5H2,1H3;3H,2H2,1H3. The summed E-state index contributed by atoms with van der Waals surface area (Å²) in [4.78, 5) is 0. The zero-order chi connectivity index (χ0) is 8.04. The summed E-state index contributed by atoms with van der Waals surface area (Å²) < 4.78 is 0. The number of hydrogen-bond donors (Lipinski definition) is 2. The number of hydrogen-bond acceptors (Lipinski definition) is 2. The zero-order valence-corrected chi connectivity index (χ0v) is 6.93. The molecule has 2 nitrogen and oxygen atoms in total. The van der Waals surface area contributed by atoms with E-state index in [9.17, 15) is 5.11 Å². The first-order valence-electron chi connectivity index (χ1n) is 3.95. The van der Waals surface area contributed by atoms with E-state index in [1.807, 2.05) is 6.92 Å². The van der Waals surface area contributed by atoms with Gasteiger partial charge in [-0.2, -0.15) is 0 Å². The van der Waals surface area contributed by atoms with Crippen LogP contribution in [0.4, 0.5) is 0 Å². The lowest BCUT2D eigenvalue weighted by molar-refractivity contribution is 0.0681. The molecule has 0 saturated heterocycles. The van der Waals surface area contributed by atoms with Gasteiger partial charge in [0.05, 0.1) is 5.60 Å². The molecule has 2 heteroatoms. The third kappa shape index (κ3) is 4.77. The highest BCUT2D eigenvalue weighted by atomic mass is 16.3. The van der Waals surface area contributed by atoms with E-state index in [1.54, 1.807) is 6.92 Å². The molecule has 0 radical (unpaired) electrons. The van der Waals surface area contributed by atoms with Crippen molar-refractivity contribution in [3.8, 4) is 0 Å². The van der Waals surface area contributed by atoms with Crippen LogP contribution < -0.4 is 0 Å². The third-order valence-corrected chi connectivity index (χ3v) is 1.68. The van der Waals surface area contributed by atoms with Crippen LogP contribution in [0.15, 0.2) is 0 Å². The molecule has 0 aliphatic heterocycles. The van der Waals surface area contributed by atoms with Gasteiger partial charge in [0.2, 0.25) is 0 Å². The molecule has 1 saturated carbocycles. The maximum absolute atomic E-state index is 9.19. The van der Waals surface area contributed by atoms with Crippen LogP contribution >= 0.6 is 0 Å². The van der Waals surface area contributed by atoms with Crippen LogP contribution in [0.1, 0.15) is 39.5 Å². The quantitative estimate of drug-likeness (QED) is 0.541. The van der Waals surface area contributed by atoms with E-state index >= 15 is 0 Å². The summed E-state index contributed by atoms with van der Waals surface area (Å²) in [6, 6.07) is 0. The normalized spacial score (nSPS) is 21.6. The smallest absolute Gasteiger partial charge is 0.0619 e. The molecule has 0 spiro atoms. The second-order valence-electron chi connectivity index (χ2n) is 3.02. The molecule has 1 rings (SSSR count). The lowest BCUT2D eigenvalue weighted by Gasteiger charge is -2.12. The maximum Gasteiger partial charge on any atom is 0.0619 e. The Balaban J connectivity index is 0.000000236. The molecule has 0 atom stereocenters. The molecule has 0 heterocycles. The highest BCUT2D eigenvalue weighted by Crippen LogP contribution is 2.27. The fourth-order valence-corrected chi connectivity index (χ4v) is 1.14. The Labute approximate surface area is 62.9 Å². The fraction of sp³-hybridized carbons (Fsp3) is 1.00. The summed E-state index contributed by atoms with van der Waals surface area (Å²) in [7, 11) is 0. The van der Waals surface area contributed by atoms with Crippen molar-refractivity contribution in [1.82, 2.24) is 0 Å².